The summed E-state index contributed by atoms with van der Waals surface area (Å²) < 4.78 is 4.79. The molecule has 0 aromatic heterocycles. The lowest BCUT2D eigenvalue weighted by Crippen LogP contribution is -2.20. The van der Waals surface area contributed by atoms with Gasteiger partial charge in [-0.25, -0.2) is 4.79 Å². The van der Waals surface area contributed by atoms with Gasteiger partial charge in [-0.15, -0.1) is 0 Å². The van der Waals surface area contributed by atoms with E-state index in [1.807, 2.05) is 30.3 Å². The average molecular weight is 393 g/mol. The Labute approximate surface area is 158 Å². The van der Waals surface area contributed by atoms with E-state index in [2.05, 4.69) is 5.32 Å². The minimum Gasteiger partial charge on any atom is -0.452 e. The molecule has 0 aliphatic carbocycles. The van der Waals surface area contributed by atoms with E-state index in [-0.39, 0.29) is 16.4 Å². The topological polar surface area (TPSA) is 98.5 Å². The van der Waals surface area contributed by atoms with Crippen LogP contribution >= 0.6 is 23.4 Å². The zero-order valence-electron chi connectivity index (χ0n) is 13.3. The van der Waals surface area contributed by atoms with Gasteiger partial charge in [-0.05, 0) is 29.7 Å². The molecule has 0 aliphatic rings. The fraction of sp³-hybridized carbons (Fsp3) is 0.0588. The quantitative estimate of drug-likeness (QED) is 0.251. The number of hydrogen-bond donors (Lipinski definition) is 1. The molecule has 9 heteroatoms. The largest absolute Gasteiger partial charge is 0.452 e. The molecule has 2 aromatic rings. The van der Waals surface area contributed by atoms with E-state index in [4.69, 9.17) is 16.3 Å². The zero-order chi connectivity index (χ0) is 18.9. The number of rotatable bonds is 7. The van der Waals surface area contributed by atoms with Crippen molar-refractivity contribution in [3.63, 3.8) is 0 Å². The summed E-state index contributed by atoms with van der Waals surface area (Å²) in [5.74, 6) is -1.42. The fourth-order valence-electron chi connectivity index (χ4n) is 1.81. The van der Waals surface area contributed by atoms with Crippen molar-refractivity contribution in [2.45, 2.75) is 4.90 Å². The lowest BCUT2D eigenvalue weighted by Gasteiger charge is -2.06. The highest BCUT2D eigenvalue weighted by Crippen LogP contribution is 2.27. The van der Waals surface area contributed by atoms with E-state index >= 15 is 0 Å². The number of carbonyl (C=O) groups excluding carboxylic acids is 2. The van der Waals surface area contributed by atoms with Crippen LogP contribution in [0.1, 0.15) is 0 Å². The third-order valence-electron chi connectivity index (χ3n) is 2.93. The number of ether oxygens (including phenoxy) is 1. The average Bonchev–Trinajstić information content (AvgIpc) is 2.61. The Balaban J connectivity index is 1.84. The van der Waals surface area contributed by atoms with Gasteiger partial charge in [-0.2, -0.15) is 0 Å². The number of esters is 1. The van der Waals surface area contributed by atoms with Gasteiger partial charge < -0.3 is 10.1 Å². The van der Waals surface area contributed by atoms with Crippen LogP contribution in [-0.2, 0) is 14.3 Å². The molecule has 0 spiro atoms. The monoisotopic (exact) mass is 392 g/mol. The number of nitrogens with one attached hydrogen (secondary N) is 1. The number of anilines is 1. The molecule has 134 valence electrons. The summed E-state index contributed by atoms with van der Waals surface area (Å²) in [5.41, 5.74) is -0.382. The van der Waals surface area contributed by atoms with Crippen LogP contribution in [0.15, 0.2) is 64.9 Å². The molecule has 26 heavy (non-hydrogen) atoms. The number of thioether (sulfide) groups is 1. The summed E-state index contributed by atoms with van der Waals surface area (Å²) in [6.07, 6.45) is 1.19. The molecular formula is C17H13ClN2O5S. The maximum absolute atomic E-state index is 11.8. The van der Waals surface area contributed by atoms with Gasteiger partial charge in [0.2, 0.25) is 0 Å². The number of amides is 1. The van der Waals surface area contributed by atoms with Crippen molar-refractivity contribution in [2.24, 2.45) is 0 Å². The lowest BCUT2D eigenvalue weighted by atomic mass is 10.2. The van der Waals surface area contributed by atoms with Crippen molar-refractivity contribution in [2.75, 3.05) is 11.9 Å². The Hall–Kier alpha value is -2.84. The molecule has 0 bridgehead atoms. The fourth-order valence-corrected chi connectivity index (χ4v) is 2.63. The molecule has 1 N–H and O–H groups in total. The first-order valence-electron chi connectivity index (χ1n) is 7.24. The van der Waals surface area contributed by atoms with E-state index in [9.17, 15) is 19.7 Å². The third-order valence-corrected chi connectivity index (χ3v) is 3.98. The summed E-state index contributed by atoms with van der Waals surface area (Å²) in [5, 5.41) is 15.0. The van der Waals surface area contributed by atoms with Gasteiger partial charge in [0.05, 0.1) is 4.92 Å². The van der Waals surface area contributed by atoms with Crippen LogP contribution in [-0.4, -0.2) is 23.4 Å². The van der Waals surface area contributed by atoms with Crippen molar-refractivity contribution in [1.82, 2.24) is 0 Å². The molecule has 0 saturated carbocycles. The highest BCUT2D eigenvalue weighted by molar-refractivity contribution is 8.02. The van der Waals surface area contributed by atoms with E-state index in [1.165, 1.54) is 41.4 Å². The highest BCUT2D eigenvalue weighted by atomic mass is 35.5. The second-order valence-electron chi connectivity index (χ2n) is 4.81. The van der Waals surface area contributed by atoms with Crippen molar-refractivity contribution in [3.05, 3.63) is 75.2 Å². The molecule has 2 rings (SSSR count). The molecule has 2 aromatic carbocycles. The zero-order valence-corrected chi connectivity index (χ0v) is 14.8. The molecular weight excluding hydrogens is 380 g/mol. The van der Waals surface area contributed by atoms with Crippen LogP contribution in [0.5, 0.6) is 0 Å². The predicted octanol–water partition coefficient (Wildman–Crippen LogP) is 4.04. The lowest BCUT2D eigenvalue weighted by molar-refractivity contribution is -0.383. The predicted molar refractivity (Wildman–Crippen MR) is 99.1 cm³/mol. The number of carbonyl (C=O) groups is 2. The SMILES string of the molecule is O=C(COC(=O)/C=C/Sc1ccccc1)Nc1cc(Cl)ccc1[N+](=O)[O-]. The van der Waals surface area contributed by atoms with Gasteiger partial charge in [0, 0.05) is 22.1 Å². The van der Waals surface area contributed by atoms with Crippen LogP contribution in [0.3, 0.4) is 0 Å². The van der Waals surface area contributed by atoms with E-state index in [0.29, 0.717) is 0 Å². The molecule has 0 unspecified atom stereocenters. The Morgan fingerprint density at radius 2 is 1.96 bits per heavy atom. The van der Waals surface area contributed by atoms with Crippen LogP contribution < -0.4 is 5.32 Å². The number of nitrogens with zero attached hydrogens (tertiary/aromatic N) is 1. The van der Waals surface area contributed by atoms with Gasteiger partial charge >= 0.3 is 5.97 Å². The van der Waals surface area contributed by atoms with Gasteiger partial charge in [0.25, 0.3) is 11.6 Å². The summed E-state index contributed by atoms with van der Waals surface area (Å²) in [4.78, 5) is 34.6. The van der Waals surface area contributed by atoms with Crippen molar-refractivity contribution >= 4 is 46.6 Å². The van der Waals surface area contributed by atoms with Crippen molar-refractivity contribution in [1.29, 1.82) is 0 Å². The maximum atomic E-state index is 11.8. The standard InChI is InChI=1S/C17H13ClN2O5S/c18-12-6-7-15(20(23)24)14(10-12)19-16(21)11-25-17(22)8-9-26-13-4-2-1-3-5-13/h1-10H,11H2,(H,19,21)/b9-8+. The second kappa shape index (κ2) is 9.59. The summed E-state index contributed by atoms with van der Waals surface area (Å²) in [7, 11) is 0. The molecule has 0 aliphatic heterocycles. The normalized spacial score (nSPS) is 10.5. The minimum atomic E-state index is -0.715. The van der Waals surface area contributed by atoms with Crippen molar-refractivity contribution in [3.8, 4) is 0 Å². The summed E-state index contributed by atoms with van der Waals surface area (Å²) in [6.45, 7) is -0.581. The number of nitro benzene ring substituents is 1. The van der Waals surface area contributed by atoms with Crippen LogP contribution in [0.25, 0.3) is 0 Å². The Kier molecular flexibility index (Phi) is 7.19. The van der Waals surface area contributed by atoms with Crippen LogP contribution in [0.2, 0.25) is 5.02 Å². The number of hydrogen-bond acceptors (Lipinski definition) is 6. The van der Waals surface area contributed by atoms with Crippen LogP contribution in [0, 0.1) is 10.1 Å². The third kappa shape index (κ3) is 6.23. The first-order chi connectivity index (χ1) is 12.5. The second-order valence-corrected chi connectivity index (χ2v) is 6.22. The molecule has 0 atom stereocenters. The summed E-state index contributed by atoms with van der Waals surface area (Å²) >= 11 is 7.09. The maximum Gasteiger partial charge on any atom is 0.331 e. The molecule has 0 fully saturated rings. The molecule has 0 heterocycles. The summed E-state index contributed by atoms with van der Waals surface area (Å²) in [6, 6.07) is 13.1. The van der Waals surface area contributed by atoms with Gasteiger partial charge in [-0.3, -0.25) is 14.9 Å². The van der Waals surface area contributed by atoms with Gasteiger partial charge in [0.1, 0.15) is 5.69 Å². The molecule has 0 saturated heterocycles. The molecule has 0 radical (unpaired) electrons. The Morgan fingerprint density at radius 3 is 2.65 bits per heavy atom. The molecule has 1 amide bonds. The van der Waals surface area contributed by atoms with E-state index < -0.39 is 23.4 Å². The molecule has 7 nitrogen and oxygen atoms in total. The minimum absolute atomic E-state index is 0.0706. The van der Waals surface area contributed by atoms with E-state index in [1.54, 1.807) is 0 Å². The van der Waals surface area contributed by atoms with Crippen LogP contribution in [0.4, 0.5) is 11.4 Å². The van der Waals surface area contributed by atoms with E-state index in [0.717, 1.165) is 4.90 Å². The highest BCUT2D eigenvalue weighted by Gasteiger charge is 2.16. The number of benzene rings is 2. The smallest absolute Gasteiger partial charge is 0.331 e. The van der Waals surface area contributed by atoms with Gasteiger partial charge in [-0.1, -0.05) is 41.6 Å². The first kappa shape index (κ1) is 19.5. The Bertz CT molecular complexity index is 842. The van der Waals surface area contributed by atoms with Crippen molar-refractivity contribution < 1.29 is 19.2 Å². The number of nitro groups is 1. The Morgan fingerprint density at radius 1 is 1.23 bits per heavy atom. The number of halogens is 1. The first-order valence-corrected chi connectivity index (χ1v) is 8.50. The van der Waals surface area contributed by atoms with Gasteiger partial charge in [0.15, 0.2) is 6.61 Å².